The molecule has 1 unspecified atom stereocenters. The summed E-state index contributed by atoms with van der Waals surface area (Å²) in [6.45, 7) is 5.81. The van der Waals surface area contributed by atoms with E-state index in [1.54, 1.807) is 37.3 Å². The summed E-state index contributed by atoms with van der Waals surface area (Å²) < 4.78 is 5.81. The molecular weight excluding hydrogens is 346 g/mol. The smallest absolute Gasteiger partial charge is 0.412 e. The summed E-state index contributed by atoms with van der Waals surface area (Å²) in [4.78, 5) is 26.0. The molecule has 1 aromatic carbocycles. The van der Waals surface area contributed by atoms with Crippen LogP contribution >= 0.6 is 0 Å². The van der Waals surface area contributed by atoms with Crippen molar-refractivity contribution < 1.29 is 24.5 Å². The zero-order valence-electron chi connectivity index (χ0n) is 16.3. The van der Waals surface area contributed by atoms with Crippen molar-refractivity contribution in [3.8, 4) is 0 Å². The zero-order valence-corrected chi connectivity index (χ0v) is 16.3. The van der Waals surface area contributed by atoms with Crippen LogP contribution in [0.15, 0.2) is 41.7 Å². The summed E-state index contributed by atoms with van der Waals surface area (Å²) in [6, 6.07) is 7.79. The van der Waals surface area contributed by atoms with Crippen molar-refractivity contribution >= 4 is 17.7 Å². The second-order valence-corrected chi connectivity index (χ2v) is 7.02. The lowest BCUT2D eigenvalue weighted by atomic mass is 9.83. The maximum atomic E-state index is 12.9. The van der Waals surface area contributed by atoms with E-state index in [2.05, 4.69) is 0 Å². The van der Waals surface area contributed by atoms with Gasteiger partial charge in [0.15, 0.2) is 0 Å². The monoisotopic (exact) mass is 375 g/mol. The number of hydrogen-bond acceptors (Lipinski definition) is 4. The Kier molecular flexibility index (Phi) is 6.88. The van der Waals surface area contributed by atoms with E-state index in [0.29, 0.717) is 24.9 Å². The van der Waals surface area contributed by atoms with Crippen LogP contribution in [0.3, 0.4) is 0 Å². The Bertz CT molecular complexity index is 692. The summed E-state index contributed by atoms with van der Waals surface area (Å²) in [5.41, 5.74) is -0.205. The molecule has 1 aliphatic rings. The summed E-state index contributed by atoms with van der Waals surface area (Å²) in [5, 5.41) is 20.5. The molecule has 1 heterocycles. The van der Waals surface area contributed by atoms with Crippen LogP contribution in [0.1, 0.15) is 59.3 Å². The predicted molar refractivity (Wildman–Crippen MR) is 104 cm³/mol. The van der Waals surface area contributed by atoms with Crippen molar-refractivity contribution in [2.75, 3.05) is 4.90 Å². The van der Waals surface area contributed by atoms with Gasteiger partial charge in [0.25, 0.3) is 0 Å². The molecule has 2 rings (SSSR count). The normalized spacial score (nSPS) is 17.4. The van der Waals surface area contributed by atoms with E-state index in [-0.39, 0.29) is 17.8 Å². The molecule has 0 saturated heterocycles. The SMILES string of the molecule is CCCC1(CCC)CC(O)=C(C(CC)N(C(=O)O)c2ccccc2)C(=O)O1. The Morgan fingerprint density at radius 1 is 1.19 bits per heavy atom. The number of carboxylic acid groups (broad SMARTS) is 1. The van der Waals surface area contributed by atoms with Gasteiger partial charge in [-0.3, -0.25) is 4.90 Å². The molecule has 0 saturated carbocycles. The fourth-order valence-corrected chi connectivity index (χ4v) is 3.98. The van der Waals surface area contributed by atoms with Gasteiger partial charge < -0.3 is 14.9 Å². The molecule has 1 aromatic rings. The van der Waals surface area contributed by atoms with Gasteiger partial charge in [0, 0.05) is 12.1 Å². The van der Waals surface area contributed by atoms with E-state index in [1.165, 1.54) is 0 Å². The number of hydrogen-bond donors (Lipinski definition) is 2. The average molecular weight is 375 g/mol. The van der Waals surface area contributed by atoms with Crippen LogP contribution < -0.4 is 4.90 Å². The maximum absolute atomic E-state index is 12.9. The van der Waals surface area contributed by atoms with Crippen molar-refractivity contribution in [3.05, 3.63) is 41.7 Å². The molecule has 0 aromatic heterocycles. The summed E-state index contributed by atoms with van der Waals surface area (Å²) in [6.07, 6.45) is 2.39. The number of amides is 1. The highest BCUT2D eigenvalue weighted by molar-refractivity contribution is 5.96. The molecule has 0 radical (unpaired) electrons. The van der Waals surface area contributed by atoms with Crippen molar-refractivity contribution in [3.63, 3.8) is 0 Å². The van der Waals surface area contributed by atoms with Crippen molar-refractivity contribution in [1.29, 1.82) is 0 Å². The Balaban J connectivity index is 2.46. The van der Waals surface area contributed by atoms with Crippen LogP contribution in [0, 0.1) is 0 Å². The van der Waals surface area contributed by atoms with E-state index >= 15 is 0 Å². The molecule has 148 valence electrons. The van der Waals surface area contributed by atoms with Crippen molar-refractivity contribution in [2.24, 2.45) is 0 Å². The van der Waals surface area contributed by atoms with E-state index in [1.807, 2.05) is 13.8 Å². The van der Waals surface area contributed by atoms with Crippen LogP contribution in [0.25, 0.3) is 0 Å². The molecule has 27 heavy (non-hydrogen) atoms. The first-order chi connectivity index (χ1) is 12.9. The second kappa shape index (κ2) is 8.93. The van der Waals surface area contributed by atoms with Crippen LogP contribution in [-0.4, -0.2) is 33.9 Å². The zero-order chi connectivity index (χ0) is 20.0. The number of nitrogens with zero attached hydrogens (tertiary/aromatic N) is 1. The minimum absolute atomic E-state index is 0.0478. The molecule has 0 bridgehead atoms. The second-order valence-electron chi connectivity index (χ2n) is 7.02. The molecular formula is C21H29NO5. The number of carbonyl (C=O) groups excluding carboxylic acids is 1. The third-order valence-corrected chi connectivity index (χ3v) is 5.01. The van der Waals surface area contributed by atoms with Gasteiger partial charge in [0.1, 0.15) is 11.4 Å². The largest absolute Gasteiger partial charge is 0.512 e. The first kappa shape index (κ1) is 20.8. The highest BCUT2D eigenvalue weighted by atomic mass is 16.6. The van der Waals surface area contributed by atoms with Gasteiger partial charge in [-0.05, 0) is 31.4 Å². The highest BCUT2D eigenvalue weighted by Crippen LogP contribution is 2.39. The van der Waals surface area contributed by atoms with E-state index in [9.17, 15) is 19.8 Å². The Labute approximate surface area is 160 Å². The molecule has 1 amide bonds. The number of carbonyl (C=O) groups is 2. The molecule has 6 heteroatoms. The third-order valence-electron chi connectivity index (χ3n) is 5.01. The van der Waals surface area contributed by atoms with Crippen molar-refractivity contribution in [2.45, 2.75) is 70.9 Å². The average Bonchev–Trinajstić information content (AvgIpc) is 2.61. The van der Waals surface area contributed by atoms with Gasteiger partial charge in [0.05, 0.1) is 11.6 Å². The lowest BCUT2D eigenvalue weighted by molar-refractivity contribution is -0.161. The lowest BCUT2D eigenvalue weighted by Gasteiger charge is -2.40. The molecule has 0 aliphatic carbocycles. The minimum Gasteiger partial charge on any atom is -0.512 e. The van der Waals surface area contributed by atoms with Gasteiger partial charge in [-0.15, -0.1) is 0 Å². The summed E-state index contributed by atoms with van der Waals surface area (Å²) >= 11 is 0. The molecule has 1 aliphatic heterocycles. The van der Waals surface area contributed by atoms with Crippen LogP contribution in [0.5, 0.6) is 0 Å². The predicted octanol–water partition coefficient (Wildman–Crippen LogP) is 5.05. The van der Waals surface area contributed by atoms with Gasteiger partial charge in [-0.1, -0.05) is 51.8 Å². The van der Waals surface area contributed by atoms with Gasteiger partial charge >= 0.3 is 12.1 Å². The van der Waals surface area contributed by atoms with E-state index in [4.69, 9.17) is 4.74 Å². The summed E-state index contributed by atoms with van der Waals surface area (Å²) in [7, 11) is 0. The fourth-order valence-electron chi connectivity index (χ4n) is 3.98. The third kappa shape index (κ3) is 4.43. The number of cyclic esters (lactones) is 1. The molecule has 2 N–H and O–H groups in total. The quantitative estimate of drug-likeness (QED) is 0.621. The van der Waals surface area contributed by atoms with E-state index < -0.39 is 23.7 Å². The molecule has 0 spiro atoms. The number of esters is 1. The highest BCUT2D eigenvalue weighted by Gasteiger charge is 2.44. The Morgan fingerprint density at radius 2 is 1.78 bits per heavy atom. The van der Waals surface area contributed by atoms with E-state index in [0.717, 1.165) is 17.7 Å². The van der Waals surface area contributed by atoms with Crippen molar-refractivity contribution in [1.82, 2.24) is 0 Å². The number of aliphatic hydroxyl groups excluding tert-OH is 1. The molecule has 6 nitrogen and oxygen atoms in total. The number of aliphatic hydroxyl groups is 1. The Hall–Kier alpha value is -2.50. The van der Waals surface area contributed by atoms with Crippen LogP contribution in [0.4, 0.5) is 10.5 Å². The standard InChI is InChI=1S/C21H29NO5/c1-4-12-21(13-5-2)14-17(23)18(19(24)27-21)16(6-3)22(20(25)26)15-10-8-7-9-11-15/h7-11,16,23H,4-6,12-14H2,1-3H3,(H,25,26). The first-order valence-electron chi connectivity index (χ1n) is 9.61. The van der Waals surface area contributed by atoms with Gasteiger partial charge in [-0.2, -0.15) is 0 Å². The maximum Gasteiger partial charge on any atom is 0.412 e. The number of para-hydroxylation sites is 1. The number of ether oxygens (including phenoxy) is 1. The topological polar surface area (TPSA) is 87.1 Å². The fraction of sp³-hybridized carbons (Fsp3) is 0.524. The van der Waals surface area contributed by atoms with Crippen LogP contribution in [-0.2, 0) is 9.53 Å². The number of anilines is 1. The van der Waals surface area contributed by atoms with Crippen LogP contribution in [0.2, 0.25) is 0 Å². The number of benzene rings is 1. The summed E-state index contributed by atoms with van der Waals surface area (Å²) in [5.74, 6) is -0.670. The van der Waals surface area contributed by atoms with Gasteiger partial charge in [0.2, 0.25) is 0 Å². The molecule has 0 fully saturated rings. The first-order valence-corrected chi connectivity index (χ1v) is 9.61. The lowest BCUT2D eigenvalue weighted by Crippen LogP contribution is -2.48. The minimum atomic E-state index is -1.18. The molecule has 1 atom stereocenters. The van der Waals surface area contributed by atoms with Gasteiger partial charge in [-0.25, -0.2) is 9.59 Å². The number of rotatable bonds is 8. The Morgan fingerprint density at radius 3 is 2.22 bits per heavy atom.